The lowest BCUT2D eigenvalue weighted by molar-refractivity contribution is -0.136. The Labute approximate surface area is 85.6 Å². The van der Waals surface area contributed by atoms with E-state index in [0.717, 1.165) is 19.4 Å². The summed E-state index contributed by atoms with van der Waals surface area (Å²) >= 11 is 0. The van der Waals surface area contributed by atoms with Gasteiger partial charge in [0.1, 0.15) is 6.61 Å². The number of rotatable bonds is 3. The minimum atomic E-state index is 0.0311. The second-order valence-electron chi connectivity index (χ2n) is 4.11. The molecule has 0 spiro atoms. The maximum absolute atomic E-state index is 11.2. The van der Waals surface area contributed by atoms with Gasteiger partial charge < -0.3 is 15.0 Å². The smallest absolute Gasteiger partial charge is 0.248 e. The summed E-state index contributed by atoms with van der Waals surface area (Å²) in [7, 11) is 3.49. The molecule has 4 nitrogen and oxygen atoms in total. The van der Waals surface area contributed by atoms with Crippen molar-refractivity contribution < 1.29 is 9.53 Å². The fourth-order valence-corrected chi connectivity index (χ4v) is 1.43. The van der Waals surface area contributed by atoms with E-state index in [4.69, 9.17) is 4.74 Å². The summed E-state index contributed by atoms with van der Waals surface area (Å²) in [5.41, 5.74) is 0. The van der Waals surface area contributed by atoms with Crippen molar-refractivity contribution in [3.63, 3.8) is 0 Å². The number of piperidine rings is 1. The topological polar surface area (TPSA) is 41.6 Å². The Morgan fingerprint density at radius 1 is 1.50 bits per heavy atom. The van der Waals surface area contributed by atoms with Gasteiger partial charge in [-0.15, -0.1) is 0 Å². The first-order valence-corrected chi connectivity index (χ1v) is 5.14. The number of carbonyl (C=O) groups excluding carboxylic acids is 1. The fraction of sp³-hybridized carbons (Fsp3) is 0.900. The number of hydrogen-bond donors (Lipinski definition) is 1. The second-order valence-corrected chi connectivity index (χ2v) is 4.11. The number of likely N-dealkylation sites (N-methyl/N-ethyl adjacent to an activating group) is 1. The van der Waals surface area contributed by atoms with Crippen molar-refractivity contribution in [2.45, 2.75) is 31.9 Å². The lowest BCUT2D eigenvalue weighted by atomic mass is 10.0. The number of nitrogens with zero attached hydrogens (tertiary/aromatic N) is 1. The average molecular weight is 200 g/mol. The van der Waals surface area contributed by atoms with Gasteiger partial charge in [0.2, 0.25) is 5.91 Å². The third kappa shape index (κ3) is 3.64. The summed E-state index contributed by atoms with van der Waals surface area (Å²) in [5.74, 6) is 0.0311. The molecule has 0 aromatic heterocycles. The predicted octanol–water partition coefficient (Wildman–Crippen LogP) is 0.232. The third-order valence-electron chi connectivity index (χ3n) is 2.56. The molecule has 0 aromatic rings. The monoisotopic (exact) mass is 200 g/mol. The van der Waals surface area contributed by atoms with Crippen LogP contribution in [0.2, 0.25) is 0 Å². The fourth-order valence-electron chi connectivity index (χ4n) is 1.43. The molecule has 1 N–H and O–H groups in total. The summed E-state index contributed by atoms with van der Waals surface area (Å²) < 4.78 is 5.50. The van der Waals surface area contributed by atoms with E-state index in [2.05, 4.69) is 12.2 Å². The molecule has 1 rings (SSSR count). The van der Waals surface area contributed by atoms with Gasteiger partial charge in [-0.1, -0.05) is 0 Å². The standard InChI is InChI=1S/C10H20N2O2/c1-8-4-5-9(6-11-8)14-7-10(13)12(2)3/h8-9,11H,4-7H2,1-3H3. The van der Waals surface area contributed by atoms with Crippen LogP contribution in [0.5, 0.6) is 0 Å². The molecule has 2 unspecified atom stereocenters. The van der Waals surface area contributed by atoms with Crippen LogP contribution >= 0.6 is 0 Å². The molecule has 1 saturated heterocycles. The summed E-state index contributed by atoms with van der Waals surface area (Å²) in [6.07, 6.45) is 2.38. The van der Waals surface area contributed by atoms with E-state index < -0.39 is 0 Å². The van der Waals surface area contributed by atoms with Crippen molar-refractivity contribution in [2.24, 2.45) is 0 Å². The molecule has 0 saturated carbocycles. The van der Waals surface area contributed by atoms with Crippen LogP contribution in [0.15, 0.2) is 0 Å². The molecule has 1 heterocycles. The highest BCUT2D eigenvalue weighted by Crippen LogP contribution is 2.10. The first-order valence-electron chi connectivity index (χ1n) is 5.14. The Morgan fingerprint density at radius 2 is 2.21 bits per heavy atom. The van der Waals surface area contributed by atoms with Gasteiger partial charge in [0.05, 0.1) is 6.10 Å². The predicted molar refractivity (Wildman–Crippen MR) is 55.1 cm³/mol. The van der Waals surface area contributed by atoms with Crippen molar-refractivity contribution in [3.8, 4) is 0 Å². The first-order chi connectivity index (χ1) is 6.59. The Bertz CT molecular complexity index is 187. The van der Waals surface area contributed by atoms with E-state index >= 15 is 0 Å². The van der Waals surface area contributed by atoms with Crippen LogP contribution in [0, 0.1) is 0 Å². The maximum Gasteiger partial charge on any atom is 0.248 e. The lowest BCUT2D eigenvalue weighted by Gasteiger charge is -2.27. The van der Waals surface area contributed by atoms with E-state index in [9.17, 15) is 4.79 Å². The van der Waals surface area contributed by atoms with Crippen molar-refractivity contribution in [1.82, 2.24) is 10.2 Å². The molecule has 1 aliphatic rings. The average Bonchev–Trinajstić information content (AvgIpc) is 2.16. The molecule has 0 aliphatic carbocycles. The lowest BCUT2D eigenvalue weighted by Crippen LogP contribution is -2.42. The maximum atomic E-state index is 11.2. The van der Waals surface area contributed by atoms with Gasteiger partial charge in [0.25, 0.3) is 0 Å². The molecule has 1 fully saturated rings. The normalized spacial score (nSPS) is 27.4. The van der Waals surface area contributed by atoms with Gasteiger partial charge in [0, 0.05) is 26.7 Å². The minimum Gasteiger partial charge on any atom is -0.367 e. The van der Waals surface area contributed by atoms with Gasteiger partial charge in [-0.2, -0.15) is 0 Å². The molecule has 4 heteroatoms. The van der Waals surface area contributed by atoms with Crippen LogP contribution < -0.4 is 5.32 Å². The molecule has 1 amide bonds. The van der Waals surface area contributed by atoms with Crippen LogP contribution in [0.1, 0.15) is 19.8 Å². The molecule has 1 aliphatic heterocycles. The molecule has 14 heavy (non-hydrogen) atoms. The summed E-state index contributed by atoms with van der Waals surface area (Å²) in [5, 5.41) is 3.34. The number of ether oxygens (including phenoxy) is 1. The minimum absolute atomic E-state index is 0.0311. The zero-order chi connectivity index (χ0) is 10.6. The number of amides is 1. The Balaban J connectivity index is 2.16. The molecule has 0 bridgehead atoms. The van der Waals surface area contributed by atoms with Crippen molar-refractivity contribution in [2.75, 3.05) is 27.2 Å². The largest absolute Gasteiger partial charge is 0.367 e. The number of carbonyl (C=O) groups is 1. The summed E-state index contributed by atoms with van der Waals surface area (Å²) in [6, 6.07) is 0.583. The van der Waals surface area contributed by atoms with Crippen LogP contribution in [-0.4, -0.2) is 50.2 Å². The molecule has 0 radical (unpaired) electrons. The Morgan fingerprint density at radius 3 is 2.71 bits per heavy atom. The SMILES string of the molecule is CC1CCC(OCC(=O)N(C)C)CN1. The highest BCUT2D eigenvalue weighted by Gasteiger charge is 2.18. The van der Waals surface area contributed by atoms with Gasteiger partial charge in [-0.3, -0.25) is 4.79 Å². The van der Waals surface area contributed by atoms with E-state index in [1.54, 1.807) is 19.0 Å². The summed E-state index contributed by atoms with van der Waals surface area (Å²) in [6.45, 7) is 3.23. The van der Waals surface area contributed by atoms with Gasteiger partial charge >= 0.3 is 0 Å². The van der Waals surface area contributed by atoms with Crippen LogP contribution in [0.4, 0.5) is 0 Å². The van der Waals surface area contributed by atoms with Crippen molar-refractivity contribution in [3.05, 3.63) is 0 Å². The van der Waals surface area contributed by atoms with Crippen LogP contribution in [0.3, 0.4) is 0 Å². The molecule has 2 atom stereocenters. The molecule has 82 valence electrons. The van der Waals surface area contributed by atoms with Gasteiger partial charge in [0.15, 0.2) is 0 Å². The second kappa shape index (κ2) is 5.32. The molecule has 0 aromatic carbocycles. The first kappa shape index (κ1) is 11.5. The van der Waals surface area contributed by atoms with Crippen molar-refractivity contribution in [1.29, 1.82) is 0 Å². The Hall–Kier alpha value is -0.610. The van der Waals surface area contributed by atoms with Crippen LogP contribution in [0.25, 0.3) is 0 Å². The summed E-state index contributed by atoms with van der Waals surface area (Å²) in [4.78, 5) is 12.8. The van der Waals surface area contributed by atoms with Gasteiger partial charge in [-0.05, 0) is 19.8 Å². The highest BCUT2D eigenvalue weighted by atomic mass is 16.5. The van der Waals surface area contributed by atoms with E-state index in [1.807, 2.05) is 0 Å². The quantitative estimate of drug-likeness (QED) is 0.709. The van der Waals surface area contributed by atoms with Crippen LogP contribution in [-0.2, 0) is 9.53 Å². The molecular weight excluding hydrogens is 180 g/mol. The van der Waals surface area contributed by atoms with E-state index in [1.165, 1.54) is 0 Å². The van der Waals surface area contributed by atoms with Crippen molar-refractivity contribution >= 4 is 5.91 Å². The number of hydrogen-bond acceptors (Lipinski definition) is 3. The van der Waals surface area contributed by atoms with E-state index in [0.29, 0.717) is 6.04 Å². The van der Waals surface area contributed by atoms with Gasteiger partial charge in [-0.25, -0.2) is 0 Å². The number of nitrogens with one attached hydrogen (secondary N) is 1. The highest BCUT2D eigenvalue weighted by molar-refractivity contribution is 5.76. The van der Waals surface area contributed by atoms with E-state index in [-0.39, 0.29) is 18.6 Å². The molecular formula is C10H20N2O2. The zero-order valence-electron chi connectivity index (χ0n) is 9.25. The third-order valence-corrected chi connectivity index (χ3v) is 2.56. The Kier molecular flexibility index (Phi) is 4.35. The zero-order valence-corrected chi connectivity index (χ0v) is 9.25.